The summed E-state index contributed by atoms with van der Waals surface area (Å²) in [6.45, 7) is 3.87. The lowest BCUT2D eigenvalue weighted by Crippen LogP contribution is -2.21. The first-order chi connectivity index (χ1) is 6.63. The lowest BCUT2D eigenvalue weighted by Gasteiger charge is -2.15. The highest BCUT2D eigenvalue weighted by Crippen LogP contribution is 2.18. The summed E-state index contributed by atoms with van der Waals surface area (Å²) in [5, 5.41) is 8.76. The molecule has 0 heterocycles. The van der Waals surface area contributed by atoms with Crippen LogP contribution in [0.5, 0.6) is 0 Å². The van der Waals surface area contributed by atoms with Crippen molar-refractivity contribution in [3.8, 4) is 0 Å². The van der Waals surface area contributed by atoms with Gasteiger partial charge in [-0.05, 0) is 31.2 Å². The topological polar surface area (TPSA) is 23.5 Å². The van der Waals surface area contributed by atoms with Crippen LogP contribution in [0, 0.1) is 6.92 Å². The van der Waals surface area contributed by atoms with E-state index >= 15 is 0 Å². The first-order valence-electron chi connectivity index (χ1n) is 4.68. The molecule has 14 heavy (non-hydrogen) atoms. The number of likely N-dealkylation sites (N-methyl/N-ethyl adjacent to an activating group) is 1. The molecular formula is C11H16BrNO. The third-order valence-electron chi connectivity index (χ3n) is 2.17. The second kappa shape index (κ2) is 5.49. The molecule has 0 bridgehead atoms. The van der Waals surface area contributed by atoms with Crippen molar-refractivity contribution in [3.05, 3.63) is 33.8 Å². The normalized spacial score (nSPS) is 10.9. The van der Waals surface area contributed by atoms with Gasteiger partial charge in [0.05, 0.1) is 6.61 Å². The molecule has 0 unspecified atom stereocenters. The predicted octanol–water partition coefficient (Wildman–Crippen LogP) is 2.18. The van der Waals surface area contributed by atoms with Crippen molar-refractivity contribution < 1.29 is 5.11 Å². The van der Waals surface area contributed by atoms with E-state index in [0.717, 1.165) is 11.0 Å². The van der Waals surface area contributed by atoms with Crippen molar-refractivity contribution in [2.75, 3.05) is 20.2 Å². The third kappa shape index (κ3) is 3.40. The van der Waals surface area contributed by atoms with Crippen molar-refractivity contribution >= 4 is 15.9 Å². The summed E-state index contributed by atoms with van der Waals surface area (Å²) in [6.07, 6.45) is 0. The van der Waals surface area contributed by atoms with Gasteiger partial charge in [0.15, 0.2) is 0 Å². The molecule has 0 aliphatic heterocycles. The van der Waals surface area contributed by atoms with E-state index in [1.807, 2.05) is 7.05 Å². The number of aryl methyl sites for hydroxylation is 1. The van der Waals surface area contributed by atoms with E-state index in [-0.39, 0.29) is 6.61 Å². The van der Waals surface area contributed by atoms with Crippen molar-refractivity contribution in [3.63, 3.8) is 0 Å². The van der Waals surface area contributed by atoms with E-state index in [1.54, 1.807) is 0 Å². The quantitative estimate of drug-likeness (QED) is 0.894. The molecule has 0 aliphatic carbocycles. The number of benzene rings is 1. The number of nitrogens with zero attached hydrogens (tertiary/aromatic N) is 1. The molecule has 0 aromatic heterocycles. The van der Waals surface area contributed by atoms with Gasteiger partial charge in [0.1, 0.15) is 0 Å². The zero-order valence-corrected chi connectivity index (χ0v) is 10.2. The molecule has 0 radical (unpaired) electrons. The Morgan fingerprint density at radius 2 is 2.14 bits per heavy atom. The zero-order valence-electron chi connectivity index (χ0n) is 8.63. The van der Waals surface area contributed by atoms with Crippen LogP contribution < -0.4 is 0 Å². The lowest BCUT2D eigenvalue weighted by atomic mass is 10.1. The molecule has 0 saturated carbocycles. The molecule has 1 rings (SSSR count). The van der Waals surface area contributed by atoms with Gasteiger partial charge >= 0.3 is 0 Å². The minimum Gasteiger partial charge on any atom is -0.395 e. The number of hydrogen-bond donors (Lipinski definition) is 1. The molecule has 3 heteroatoms. The van der Waals surface area contributed by atoms with E-state index in [4.69, 9.17) is 5.11 Å². The average molecular weight is 258 g/mol. The minimum atomic E-state index is 0.212. The van der Waals surface area contributed by atoms with E-state index < -0.39 is 0 Å². The van der Waals surface area contributed by atoms with Crippen LogP contribution in [-0.4, -0.2) is 30.2 Å². The van der Waals surface area contributed by atoms with Crippen LogP contribution in [0.25, 0.3) is 0 Å². The standard InChI is InChI=1S/C11H16BrNO/c1-9-3-4-10(7-11(9)12)8-13(2)5-6-14/h3-4,7,14H,5-6,8H2,1-2H3. The number of aliphatic hydroxyl groups excluding tert-OH is 1. The first kappa shape index (κ1) is 11.7. The Morgan fingerprint density at radius 3 is 2.71 bits per heavy atom. The summed E-state index contributed by atoms with van der Waals surface area (Å²) in [6, 6.07) is 6.35. The Kier molecular flexibility index (Phi) is 4.58. The van der Waals surface area contributed by atoms with E-state index in [2.05, 4.69) is 46.0 Å². The van der Waals surface area contributed by atoms with Gasteiger partial charge in [-0.25, -0.2) is 0 Å². The van der Waals surface area contributed by atoms with E-state index in [9.17, 15) is 0 Å². The molecule has 0 fully saturated rings. The second-order valence-corrected chi connectivity index (χ2v) is 4.40. The molecule has 78 valence electrons. The highest BCUT2D eigenvalue weighted by molar-refractivity contribution is 9.10. The number of aliphatic hydroxyl groups is 1. The second-order valence-electron chi connectivity index (χ2n) is 3.54. The van der Waals surface area contributed by atoms with Crippen LogP contribution in [0.2, 0.25) is 0 Å². The smallest absolute Gasteiger partial charge is 0.0558 e. The lowest BCUT2D eigenvalue weighted by molar-refractivity contribution is 0.217. The number of hydrogen-bond acceptors (Lipinski definition) is 2. The van der Waals surface area contributed by atoms with Crippen LogP contribution in [0.4, 0.5) is 0 Å². The Hall–Kier alpha value is -0.380. The van der Waals surface area contributed by atoms with Crippen LogP contribution in [0.15, 0.2) is 22.7 Å². The van der Waals surface area contributed by atoms with Gasteiger partial charge in [-0.15, -0.1) is 0 Å². The Labute approximate surface area is 93.7 Å². The third-order valence-corrected chi connectivity index (χ3v) is 3.02. The molecular weight excluding hydrogens is 242 g/mol. The highest BCUT2D eigenvalue weighted by Gasteiger charge is 2.01. The van der Waals surface area contributed by atoms with Gasteiger partial charge < -0.3 is 5.11 Å². The molecule has 1 aromatic rings. The van der Waals surface area contributed by atoms with Crippen molar-refractivity contribution in [1.82, 2.24) is 4.90 Å². The summed E-state index contributed by atoms with van der Waals surface area (Å²) in [7, 11) is 2.00. The maximum absolute atomic E-state index is 8.76. The summed E-state index contributed by atoms with van der Waals surface area (Å²) >= 11 is 3.51. The van der Waals surface area contributed by atoms with Crippen LogP contribution >= 0.6 is 15.9 Å². The van der Waals surface area contributed by atoms with Gasteiger partial charge in [0.2, 0.25) is 0 Å². The SMILES string of the molecule is Cc1ccc(CN(C)CCO)cc1Br. The summed E-state index contributed by atoms with van der Waals surface area (Å²) in [4.78, 5) is 2.09. The van der Waals surface area contributed by atoms with Gasteiger partial charge in [0, 0.05) is 17.6 Å². The van der Waals surface area contributed by atoms with Gasteiger partial charge in [-0.3, -0.25) is 4.90 Å². The number of rotatable bonds is 4. The maximum Gasteiger partial charge on any atom is 0.0558 e. The van der Waals surface area contributed by atoms with Gasteiger partial charge in [-0.2, -0.15) is 0 Å². The van der Waals surface area contributed by atoms with E-state index in [0.29, 0.717) is 6.54 Å². The first-order valence-corrected chi connectivity index (χ1v) is 5.47. The van der Waals surface area contributed by atoms with E-state index in [1.165, 1.54) is 11.1 Å². The molecule has 0 spiro atoms. The van der Waals surface area contributed by atoms with Gasteiger partial charge in [0.25, 0.3) is 0 Å². The van der Waals surface area contributed by atoms with Gasteiger partial charge in [-0.1, -0.05) is 28.1 Å². The molecule has 0 amide bonds. The fourth-order valence-corrected chi connectivity index (χ4v) is 1.72. The zero-order chi connectivity index (χ0) is 10.6. The summed E-state index contributed by atoms with van der Waals surface area (Å²) in [5.41, 5.74) is 2.51. The van der Waals surface area contributed by atoms with Crippen LogP contribution in [-0.2, 0) is 6.54 Å². The Balaban J connectivity index is 2.63. The molecule has 1 N–H and O–H groups in total. The largest absolute Gasteiger partial charge is 0.395 e. The minimum absolute atomic E-state index is 0.212. The Bertz CT molecular complexity index is 301. The average Bonchev–Trinajstić information content (AvgIpc) is 2.12. The molecule has 0 saturated heterocycles. The van der Waals surface area contributed by atoms with Crippen molar-refractivity contribution in [2.45, 2.75) is 13.5 Å². The number of halogens is 1. The van der Waals surface area contributed by atoms with Crippen LogP contribution in [0.1, 0.15) is 11.1 Å². The Morgan fingerprint density at radius 1 is 1.43 bits per heavy atom. The van der Waals surface area contributed by atoms with Crippen LogP contribution in [0.3, 0.4) is 0 Å². The fraction of sp³-hybridized carbons (Fsp3) is 0.455. The van der Waals surface area contributed by atoms with Crippen molar-refractivity contribution in [1.29, 1.82) is 0 Å². The van der Waals surface area contributed by atoms with Crippen molar-refractivity contribution in [2.24, 2.45) is 0 Å². The molecule has 0 atom stereocenters. The summed E-state index contributed by atoms with van der Waals surface area (Å²) in [5.74, 6) is 0. The molecule has 1 aromatic carbocycles. The monoisotopic (exact) mass is 257 g/mol. The predicted molar refractivity (Wildman–Crippen MR) is 62.3 cm³/mol. The summed E-state index contributed by atoms with van der Waals surface area (Å²) < 4.78 is 1.15. The maximum atomic E-state index is 8.76. The fourth-order valence-electron chi connectivity index (χ4n) is 1.30. The highest BCUT2D eigenvalue weighted by atomic mass is 79.9. The molecule has 0 aliphatic rings. The molecule has 2 nitrogen and oxygen atoms in total.